The van der Waals surface area contributed by atoms with Gasteiger partial charge in [0.25, 0.3) is 0 Å². The van der Waals surface area contributed by atoms with Crippen molar-refractivity contribution >= 4 is 6.03 Å². The van der Waals surface area contributed by atoms with E-state index in [1.165, 1.54) is 0 Å². The molecule has 1 heterocycles. The molecule has 0 bridgehead atoms. The second kappa shape index (κ2) is 12.0. The molecular formula is C21H35N3O3. The molecule has 1 atom stereocenters. The molecule has 1 aromatic rings. The van der Waals surface area contributed by atoms with E-state index in [0.29, 0.717) is 31.7 Å². The summed E-state index contributed by atoms with van der Waals surface area (Å²) in [5.74, 6) is 0.575. The van der Waals surface area contributed by atoms with Crippen molar-refractivity contribution in [2.45, 2.75) is 45.9 Å². The number of carbonyl (C=O) groups is 1. The van der Waals surface area contributed by atoms with Crippen LogP contribution in [0.3, 0.4) is 0 Å². The van der Waals surface area contributed by atoms with Gasteiger partial charge in [0.1, 0.15) is 0 Å². The summed E-state index contributed by atoms with van der Waals surface area (Å²) in [7, 11) is 1.68. The lowest BCUT2D eigenvalue weighted by Gasteiger charge is -2.38. The number of urea groups is 1. The molecule has 2 amide bonds. The van der Waals surface area contributed by atoms with E-state index in [0.717, 1.165) is 50.3 Å². The molecule has 1 aliphatic rings. The first-order valence-electron chi connectivity index (χ1n) is 10.1. The van der Waals surface area contributed by atoms with Crippen molar-refractivity contribution in [2.75, 3.05) is 40.0 Å². The fraction of sp³-hybridized carbons (Fsp3) is 0.667. The highest BCUT2D eigenvalue weighted by atomic mass is 16.5. The zero-order valence-electron chi connectivity index (χ0n) is 17.0. The van der Waals surface area contributed by atoms with Gasteiger partial charge < -0.3 is 20.1 Å². The van der Waals surface area contributed by atoms with Crippen LogP contribution < -0.4 is 10.6 Å². The monoisotopic (exact) mass is 377 g/mol. The second-order valence-electron chi connectivity index (χ2n) is 7.06. The maximum absolute atomic E-state index is 12.4. The van der Waals surface area contributed by atoms with E-state index in [2.05, 4.69) is 29.4 Å². The van der Waals surface area contributed by atoms with Crippen molar-refractivity contribution in [3.05, 3.63) is 35.4 Å². The molecule has 2 rings (SSSR count). The number of carbonyl (C=O) groups excluding carboxylic acids is 1. The summed E-state index contributed by atoms with van der Waals surface area (Å²) in [6, 6.07) is 8.26. The van der Waals surface area contributed by atoms with Gasteiger partial charge in [0.2, 0.25) is 0 Å². The number of nitrogens with one attached hydrogen (secondary N) is 2. The fourth-order valence-corrected chi connectivity index (χ4v) is 3.80. The maximum Gasteiger partial charge on any atom is 0.315 e. The number of benzene rings is 1. The first kappa shape index (κ1) is 21.7. The summed E-state index contributed by atoms with van der Waals surface area (Å²) < 4.78 is 10.7. The van der Waals surface area contributed by atoms with E-state index in [-0.39, 0.29) is 6.03 Å². The Kier molecular flexibility index (Phi) is 9.59. The van der Waals surface area contributed by atoms with E-state index in [9.17, 15) is 4.79 Å². The van der Waals surface area contributed by atoms with Crippen molar-refractivity contribution in [1.29, 1.82) is 0 Å². The molecule has 1 saturated heterocycles. The number of nitrogens with zero attached hydrogens (tertiary/aromatic N) is 1. The summed E-state index contributed by atoms with van der Waals surface area (Å²) >= 11 is 0. The average Bonchev–Trinajstić information content (AvgIpc) is 2.71. The van der Waals surface area contributed by atoms with E-state index < -0.39 is 0 Å². The summed E-state index contributed by atoms with van der Waals surface area (Å²) in [5, 5.41) is 6.07. The molecule has 0 aliphatic carbocycles. The van der Waals surface area contributed by atoms with Crippen LogP contribution in [0.25, 0.3) is 0 Å². The van der Waals surface area contributed by atoms with Gasteiger partial charge in [-0.05, 0) is 17.0 Å². The Hall–Kier alpha value is -1.63. The first-order valence-corrected chi connectivity index (χ1v) is 10.1. The molecular weight excluding hydrogens is 342 g/mol. The Morgan fingerprint density at radius 1 is 1.15 bits per heavy atom. The summed E-state index contributed by atoms with van der Waals surface area (Å²) in [6.07, 6.45) is 2.23. The summed E-state index contributed by atoms with van der Waals surface area (Å²) in [5.41, 5.74) is 2.18. The highest BCUT2D eigenvalue weighted by molar-refractivity contribution is 5.73. The van der Waals surface area contributed by atoms with Gasteiger partial charge in [0.15, 0.2) is 0 Å². The molecule has 1 aliphatic heterocycles. The third-order valence-corrected chi connectivity index (χ3v) is 5.44. The minimum atomic E-state index is -0.119. The van der Waals surface area contributed by atoms with Gasteiger partial charge >= 0.3 is 6.03 Å². The Balaban J connectivity index is 1.87. The summed E-state index contributed by atoms with van der Waals surface area (Å²) in [6.45, 7) is 9.61. The number of morpholine rings is 1. The summed E-state index contributed by atoms with van der Waals surface area (Å²) in [4.78, 5) is 14.8. The zero-order valence-corrected chi connectivity index (χ0v) is 17.0. The third kappa shape index (κ3) is 6.79. The van der Waals surface area contributed by atoms with Gasteiger partial charge in [-0.2, -0.15) is 0 Å². The highest BCUT2D eigenvalue weighted by Gasteiger charge is 2.27. The number of methoxy groups -OCH3 is 1. The largest absolute Gasteiger partial charge is 0.380 e. The van der Waals surface area contributed by atoms with E-state index in [1.54, 1.807) is 7.11 Å². The van der Waals surface area contributed by atoms with Crippen molar-refractivity contribution in [3.8, 4) is 0 Å². The minimum absolute atomic E-state index is 0.119. The van der Waals surface area contributed by atoms with Crippen LogP contribution in [-0.2, 0) is 22.6 Å². The van der Waals surface area contributed by atoms with Crippen LogP contribution in [-0.4, -0.2) is 56.9 Å². The Bertz CT molecular complexity index is 557. The van der Waals surface area contributed by atoms with Crippen molar-refractivity contribution in [2.24, 2.45) is 5.92 Å². The molecule has 152 valence electrons. The van der Waals surface area contributed by atoms with Gasteiger partial charge in [-0.3, -0.25) is 4.90 Å². The molecule has 0 radical (unpaired) electrons. The number of rotatable bonds is 10. The lowest BCUT2D eigenvalue weighted by Crippen LogP contribution is -2.53. The topological polar surface area (TPSA) is 62.8 Å². The molecule has 0 saturated carbocycles. The van der Waals surface area contributed by atoms with Gasteiger partial charge in [-0.15, -0.1) is 0 Å². The molecule has 1 unspecified atom stereocenters. The molecule has 0 spiro atoms. The smallest absolute Gasteiger partial charge is 0.315 e. The van der Waals surface area contributed by atoms with Crippen LogP contribution in [0.1, 0.15) is 37.8 Å². The second-order valence-corrected chi connectivity index (χ2v) is 7.06. The SMILES string of the molecule is CCC(CC)C(CNC(=O)NCc1ccccc1COC)N1CCOCC1. The normalized spacial score (nSPS) is 16.3. The molecule has 1 aromatic carbocycles. The molecule has 6 heteroatoms. The Morgan fingerprint density at radius 3 is 2.44 bits per heavy atom. The Morgan fingerprint density at radius 2 is 1.81 bits per heavy atom. The fourth-order valence-electron chi connectivity index (χ4n) is 3.80. The van der Waals surface area contributed by atoms with E-state index in [4.69, 9.17) is 9.47 Å². The minimum Gasteiger partial charge on any atom is -0.380 e. The predicted octanol–water partition coefficient (Wildman–Crippen LogP) is 2.77. The molecule has 27 heavy (non-hydrogen) atoms. The predicted molar refractivity (Wildman–Crippen MR) is 108 cm³/mol. The van der Waals surface area contributed by atoms with Gasteiger partial charge in [0, 0.05) is 39.3 Å². The Labute approximate surface area is 163 Å². The zero-order chi connectivity index (χ0) is 19.5. The molecule has 0 aromatic heterocycles. The van der Waals surface area contributed by atoms with Crippen LogP contribution in [0.2, 0.25) is 0 Å². The standard InChI is InChI=1S/C21H35N3O3/c1-4-17(5-2)20(24-10-12-27-13-11-24)15-23-21(25)22-14-18-8-6-7-9-19(18)16-26-3/h6-9,17,20H,4-5,10-16H2,1-3H3,(H2,22,23,25). The molecule has 1 fully saturated rings. The molecule has 2 N–H and O–H groups in total. The van der Waals surface area contributed by atoms with Crippen LogP contribution in [0, 0.1) is 5.92 Å². The van der Waals surface area contributed by atoms with Gasteiger partial charge in [-0.25, -0.2) is 4.79 Å². The number of hydrogen-bond donors (Lipinski definition) is 2. The average molecular weight is 378 g/mol. The lowest BCUT2D eigenvalue weighted by atomic mass is 9.92. The van der Waals surface area contributed by atoms with Crippen LogP contribution in [0.5, 0.6) is 0 Å². The van der Waals surface area contributed by atoms with Crippen molar-refractivity contribution in [1.82, 2.24) is 15.5 Å². The number of ether oxygens (including phenoxy) is 2. The number of hydrogen-bond acceptors (Lipinski definition) is 4. The molecule has 6 nitrogen and oxygen atoms in total. The third-order valence-electron chi connectivity index (χ3n) is 5.44. The number of amides is 2. The van der Waals surface area contributed by atoms with Crippen LogP contribution >= 0.6 is 0 Å². The maximum atomic E-state index is 12.4. The van der Waals surface area contributed by atoms with E-state index >= 15 is 0 Å². The lowest BCUT2D eigenvalue weighted by molar-refractivity contribution is 0.00237. The van der Waals surface area contributed by atoms with Crippen molar-refractivity contribution in [3.63, 3.8) is 0 Å². The first-order chi connectivity index (χ1) is 13.2. The van der Waals surface area contributed by atoms with Gasteiger partial charge in [-0.1, -0.05) is 51.0 Å². The quantitative estimate of drug-likeness (QED) is 0.658. The van der Waals surface area contributed by atoms with Crippen molar-refractivity contribution < 1.29 is 14.3 Å². The van der Waals surface area contributed by atoms with Gasteiger partial charge in [0.05, 0.1) is 19.8 Å². The van der Waals surface area contributed by atoms with Crippen LogP contribution in [0.4, 0.5) is 4.79 Å². The highest BCUT2D eigenvalue weighted by Crippen LogP contribution is 2.19. The van der Waals surface area contributed by atoms with Crippen LogP contribution in [0.15, 0.2) is 24.3 Å². The van der Waals surface area contributed by atoms with E-state index in [1.807, 2.05) is 24.3 Å².